The van der Waals surface area contributed by atoms with E-state index in [0.717, 1.165) is 74.6 Å². The van der Waals surface area contributed by atoms with Crippen molar-refractivity contribution in [2.75, 3.05) is 65.9 Å². The van der Waals surface area contributed by atoms with E-state index in [0.29, 0.717) is 59.5 Å². The number of fused-ring (bicyclic) bond motifs is 7. The largest absolute Gasteiger partial charge is 0.477 e. The monoisotopic (exact) mass is 648 g/mol. The number of morpholine rings is 1. The van der Waals surface area contributed by atoms with Crippen molar-refractivity contribution >= 4 is 39.0 Å². The molecule has 4 aliphatic rings. The van der Waals surface area contributed by atoms with Gasteiger partial charge < -0.3 is 24.4 Å². The predicted octanol–water partition coefficient (Wildman–Crippen LogP) is 3.87. The van der Waals surface area contributed by atoms with E-state index in [1.54, 1.807) is 23.0 Å². The molecule has 6 heterocycles. The minimum atomic E-state index is -2.58. The van der Waals surface area contributed by atoms with Gasteiger partial charge in [0.05, 0.1) is 48.6 Å². The number of guanidine groups is 1. The molecule has 0 unspecified atom stereocenters. The molecule has 2 fully saturated rings. The maximum Gasteiger partial charge on any atom is 0.280 e. The number of aliphatic imine (C=N–C) groups is 1. The number of pyridine rings is 1. The summed E-state index contributed by atoms with van der Waals surface area (Å²) in [7, 11) is -0.732. The van der Waals surface area contributed by atoms with Gasteiger partial charge in [0.25, 0.3) is 5.91 Å². The molecule has 4 aliphatic heterocycles. The van der Waals surface area contributed by atoms with Gasteiger partial charge in [-0.25, -0.2) is 4.68 Å². The van der Waals surface area contributed by atoms with Gasteiger partial charge in [-0.1, -0.05) is 6.92 Å². The number of hydrogen-bond acceptors (Lipinski definition) is 9. The first-order valence-corrected chi connectivity index (χ1v) is 18.5. The van der Waals surface area contributed by atoms with Crippen molar-refractivity contribution in [2.45, 2.75) is 45.6 Å². The number of anilines is 3. The average molecular weight is 649 g/mol. The van der Waals surface area contributed by atoms with E-state index in [9.17, 15) is 9.00 Å². The quantitative estimate of drug-likeness (QED) is 0.363. The van der Waals surface area contributed by atoms with Gasteiger partial charge in [0.1, 0.15) is 0 Å². The lowest BCUT2D eigenvalue weighted by atomic mass is 10.1. The molecule has 1 atom stereocenters. The highest BCUT2D eigenvalue weighted by atomic mass is 32.3. The van der Waals surface area contributed by atoms with Gasteiger partial charge in [-0.3, -0.25) is 18.9 Å². The van der Waals surface area contributed by atoms with Crippen LogP contribution in [0.3, 0.4) is 0 Å². The molecular formula is C33H44N8O4S. The number of benzene rings is 1. The van der Waals surface area contributed by atoms with Gasteiger partial charge in [-0.15, -0.1) is 0 Å². The molecule has 2 saturated heterocycles. The van der Waals surface area contributed by atoms with Gasteiger partial charge in [0, 0.05) is 61.2 Å². The molecule has 2 bridgehead atoms. The molecule has 13 heteroatoms. The summed E-state index contributed by atoms with van der Waals surface area (Å²) in [5, 5.41) is 7.78. The van der Waals surface area contributed by atoms with Crippen LogP contribution in [0, 0.1) is 12.8 Å². The summed E-state index contributed by atoms with van der Waals surface area (Å²) in [5.74, 6) is 2.41. The molecular weight excluding hydrogens is 604 g/mol. The number of carbonyl (C=O) groups excluding carboxylic acids is 1. The third-order valence-corrected chi connectivity index (χ3v) is 12.1. The summed E-state index contributed by atoms with van der Waals surface area (Å²) < 4.78 is 30.9. The van der Waals surface area contributed by atoms with E-state index in [2.05, 4.69) is 41.8 Å². The molecule has 3 aromatic rings. The molecule has 0 aliphatic carbocycles. The zero-order valence-corrected chi connectivity index (χ0v) is 27.8. The van der Waals surface area contributed by atoms with Gasteiger partial charge in [0.2, 0.25) is 11.8 Å². The highest BCUT2D eigenvalue weighted by Gasteiger charge is 2.32. The Hall–Kier alpha value is -3.81. The number of ether oxygens (including phenoxy) is 2. The maximum atomic E-state index is 14.0. The van der Waals surface area contributed by atoms with Gasteiger partial charge >= 0.3 is 0 Å². The Morgan fingerprint density at radius 3 is 2.67 bits per heavy atom. The van der Waals surface area contributed by atoms with Crippen LogP contribution in [0.1, 0.15) is 48.7 Å². The van der Waals surface area contributed by atoms with Gasteiger partial charge in [0.15, 0.2) is 0 Å². The second-order valence-electron chi connectivity index (χ2n) is 13.0. The fraction of sp³-hybridized carbons (Fsp3) is 0.515. The fourth-order valence-electron chi connectivity index (χ4n) is 7.00. The number of hydrogen-bond donors (Lipinski definition) is 3. The normalized spacial score (nSPS) is 25.3. The number of aromatic nitrogens is 3. The van der Waals surface area contributed by atoms with Crippen LogP contribution in [0.2, 0.25) is 0 Å². The van der Waals surface area contributed by atoms with E-state index in [1.807, 2.05) is 32.2 Å². The summed E-state index contributed by atoms with van der Waals surface area (Å²) in [6.07, 6.45) is 5.36. The highest BCUT2D eigenvalue weighted by molar-refractivity contribution is 8.04. The molecule has 0 saturated carbocycles. The fourth-order valence-corrected chi connectivity index (χ4v) is 9.49. The number of amides is 1. The van der Waals surface area contributed by atoms with E-state index in [-0.39, 0.29) is 11.8 Å². The van der Waals surface area contributed by atoms with E-state index >= 15 is 0 Å². The Labute approximate surface area is 271 Å². The topological polar surface area (TPSA) is 126 Å². The number of thiol groups is 1. The lowest BCUT2D eigenvalue weighted by Crippen LogP contribution is -2.49. The summed E-state index contributed by atoms with van der Waals surface area (Å²) in [6, 6.07) is 9.99. The third-order valence-electron chi connectivity index (χ3n) is 9.48. The maximum absolute atomic E-state index is 14.0. The molecule has 1 amide bonds. The molecule has 0 spiro atoms. The highest BCUT2D eigenvalue weighted by Crippen LogP contribution is 2.38. The second kappa shape index (κ2) is 12.8. The number of nitrogens with one attached hydrogen (secondary N) is 2. The Bertz CT molecular complexity index is 1690. The van der Waals surface area contributed by atoms with E-state index in [4.69, 9.17) is 9.47 Å². The van der Waals surface area contributed by atoms with Crippen LogP contribution in [0.15, 0.2) is 41.5 Å². The minimum Gasteiger partial charge on any atom is -0.477 e. The van der Waals surface area contributed by atoms with Crippen molar-refractivity contribution in [1.82, 2.24) is 19.7 Å². The first-order valence-electron chi connectivity index (χ1n) is 16.4. The number of carbonyl (C=O) groups is 1. The number of nitrogens with zero attached hydrogens (tertiary/aromatic N) is 6. The van der Waals surface area contributed by atoms with Crippen LogP contribution >= 0.6 is 0 Å². The summed E-state index contributed by atoms with van der Waals surface area (Å²) in [5.41, 5.74) is 5.14. The van der Waals surface area contributed by atoms with Crippen molar-refractivity contribution in [2.24, 2.45) is 18.0 Å². The lowest BCUT2D eigenvalue weighted by molar-refractivity contribution is 0.0147. The molecule has 7 rings (SSSR count). The minimum absolute atomic E-state index is 0.281. The van der Waals surface area contributed by atoms with Gasteiger partial charge in [-0.05, 0) is 79.0 Å². The predicted molar refractivity (Wildman–Crippen MR) is 183 cm³/mol. The summed E-state index contributed by atoms with van der Waals surface area (Å²) in [6.45, 7) is 8.75. The van der Waals surface area contributed by atoms with Crippen LogP contribution in [-0.4, -0.2) is 92.7 Å². The SMILES string of the molecule is Cc1cc2cc(n1)-c1cnn(C)c1OCCC[C@@H](C)CN1/C(=N/C2=O)Nc2ccc(N[SH]3(=O)CCC(N4CCOCC4)CC3)cc21. The van der Waals surface area contributed by atoms with Gasteiger partial charge in [-0.2, -0.15) is 10.1 Å². The van der Waals surface area contributed by atoms with Crippen molar-refractivity contribution in [3.05, 3.63) is 47.8 Å². The van der Waals surface area contributed by atoms with Crippen molar-refractivity contribution in [3.63, 3.8) is 0 Å². The molecule has 246 valence electrons. The Kier molecular flexibility index (Phi) is 8.55. The van der Waals surface area contributed by atoms with Crippen LogP contribution in [-0.2, 0) is 21.9 Å². The molecule has 46 heavy (non-hydrogen) atoms. The summed E-state index contributed by atoms with van der Waals surface area (Å²) >= 11 is 0. The smallest absolute Gasteiger partial charge is 0.280 e. The molecule has 12 nitrogen and oxygen atoms in total. The van der Waals surface area contributed by atoms with E-state index < -0.39 is 10.1 Å². The van der Waals surface area contributed by atoms with Crippen molar-refractivity contribution in [3.8, 4) is 17.1 Å². The van der Waals surface area contributed by atoms with E-state index in [1.165, 1.54) is 0 Å². The first-order chi connectivity index (χ1) is 22.2. The Balaban J connectivity index is 1.15. The summed E-state index contributed by atoms with van der Waals surface area (Å²) in [4.78, 5) is 27.6. The van der Waals surface area contributed by atoms with Crippen LogP contribution in [0.25, 0.3) is 11.3 Å². The molecule has 1 aromatic carbocycles. The average Bonchev–Trinajstić information content (AvgIpc) is 3.58. The van der Waals surface area contributed by atoms with Crippen molar-refractivity contribution in [1.29, 1.82) is 0 Å². The third kappa shape index (κ3) is 6.40. The Morgan fingerprint density at radius 2 is 1.87 bits per heavy atom. The van der Waals surface area contributed by atoms with Crippen LogP contribution < -0.4 is 19.7 Å². The Morgan fingerprint density at radius 1 is 1.07 bits per heavy atom. The molecule has 2 N–H and O–H groups in total. The zero-order valence-electron chi connectivity index (χ0n) is 26.9. The molecule has 0 radical (unpaired) electrons. The van der Waals surface area contributed by atoms with Crippen molar-refractivity contribution < 1.29 is 18.5 Å². The zero-order chi connectivity index (χ0) is 31.8. The number of rotatable bonds is 3. The second-order valence-corrected chi connectivity index (χ2v) is 15.9. The number of aryl methyl sites for hydroxylation is 2. The van der Waals surface area contributed by atoms with Crippen LogP contribution in [0.4, 0.5) is 17.1 Å². The first kappa shape index (κ1) is 30.8. The lowest BCUT2D eigenvalue weighted by Gasteiger charge is -2.41. The van der Waals surface area contributed by atoms with Crippen LogP contribution in [0.5, 0.6) is 5.88 Å². The molecule has 2 aromatic heterocycles. The standard InChI is InChI=1S/C33H44N8O4S/c1-22-5-4-12-45-32-27(20-34-39(32)3)29-18-24(17-23(2)35-29)31(42)37-33-36-28-7-6-25(19-30(28)41(33)21-22)38-46(43)15-8-26(9-16-46)40-10-13-44-14-11-40/h6-7,17-20,22,26,46H,4-5,8-16,21H2,1-3H3,(H,38,43)(H,36,37,42)/t22-/m1/s1.